The summed E-state index contributed by atoms with van der Waals surface area (Å²) in [7, 11) is 1.60. The number of ether oxygens (including phenoxy) is 1. The van der Waals surface area contributed by atoms with E-state index in [-0.39, 0.29) is 0 Å². The van der Waals surface area contributed by atoms with Crippen LogP contribution in [0.3, 0.4) is 0 Å². The molecule has 0 saturated heterocycles. The van der Waals surface area contributed by atoms with E-state index in [0.717, 1.165) is 11.1 Å². The van der Waals surface area contributed by atoms with Crippen LogP contribution in [0.1, 0.15) is 11.5 Å². The van der Waals surface area contributed by atoms with Crippen LogP contribution in [-0.2, 0) is 5.75 Å². The zero-order chi connectivity index (χ0) is 19.5. The maximum absolute atomic E-state index is 6.18. The number of aryl methyl sites for hydroxylation is 1. The van der Waals surface area contributed by atoms with Gasteiger partial charge in [-0.15, -0.1) is 10.2 Å². The Hall–Kier alpha value is -3.33. The Morgan fingerprint density at radius 1 is 1.11 bits per heavy atom. The van der Waals surface area contributed by atoms with E-state index in [0.29, 0.717) is 34.2 Å². The van der Waals surface area contributed by atoms with Gasteiger partial charge in [-0.05, 0) is 19.1 Å². The van der Waals surface area contributed by atoms with Crippen molar-refractivity contribution in [3.63, 3.8) is 0 Å². The highest BCUT2D eigenvalue weighted by molar-refractivity contribution is 7.98. The number of aromatic nitrogens is 5. The fraction of sp³-hybridized carbons (Fsp3) is 0.158. The third-order valence-electron chi connectivity index (χ3n) is 4.12. The minimum Gasteiger partial charge on any atom is -0.496 e. The lowest BCUT2D eigenvalue weighted by Gasteiger charge is -2.07. The maximum atomic E-state index is 6.18. The van der Waals surface area contributed by atoms with Crippen LogP contribution in [0.2, 0.25) is 0 Å². The summed E-state index contributed by atoms with van der Waals surface area (Å²) >= 11 is 1.37. The molecule has 0 radical (unpaired) electrons. The molecule has 0 aliphatic heterocycles. The Kier molecular flexibility index (Phi) is 4.98. The predicted octanol–water partition coefficient (Wildman–Crippen LogP) is 3.32. The SMILES string of the molecule is COc1ccccc1-c1nnc(SCc2nc(-c3ccc(C)cc3)no2)n1N. The molecular weight excluding hydrogens is 376 g/mol. The third kappa shape index (κ3) is 3.56. The average Bonchev–Trinajstić information content (AvgIpc) is 3.34. The topological polar surface area (TPSA) is 105 Å². The van der Waals surface area contributed by atoms with Crippen molar-refractivity contribution in [3.05, 3.63) is 60.0 Å². The lowest BCUT2D eigenvalue weighted by atomic mass is 10.1. The number of rotatable bonds is 6. The number of hydrogen-bond acceptors (Lipinski definition) is 8. The maximum Gasteiger partial charge on any atom is 0.237 e. The molecule has 0 amide bonds. The van der Waals surface area contributed by atoms with Gasteiger partial charge in [0.25, 0.3) is 0 Å². The van der Waals surface area contributed by atoms with Gasteiger partial charge in [-0.1, -0.05) is 58.9 Å². The molecule has 4 rings (SSSR count). The van der Waals surface area contributed by atoms with Gasteiger partial charge >= 0.3 is 0 Å². The Labute approximate surface area is 165 Å². The molecule has 2 heterocycles. The molecule has 0 unspecified atom stereocenters. The Bertz CT molecular complexity index is 1090. The number of para-hydroxylation sites is 1. The van der Waals surface area contributed by atoms with E-state index in [1.54, 1.807) is 7.11 Å². The molecule has 9 heteroatoms. The van der Waals surface area contributed by atoms with Gasteiger partial charge in [0.05, 0.1) is 18.4 Å². The van der Waals surface area contributed by atoms with Crippen LogP contribution in [0.4, 0.5) is 0 Å². The first-order valence-corrected chi connectivity index (χ1v) is 9.50. The minimum atomic E-state index is 0.431. The van der Waals surface area contributed by atoms with E-state index in [2.05, 4.69) is 20.3 Å². The first-order valence-electron chi connectivity index (χ1n) is 8.52. The van der Waals surface area contributed by atoms with Gasteiger partial charge in [0.15, 0.2) is 5.82 Å². The molecular formula is C19H18N6O2S. The number of benzene rings is 2. The molecule has 0 saturated carbocycles. The number of nitrogens with zero attached hydrogens (tertiary/aromatic N) is 5. The Balaban J connectivity index is 1.49. The number of nitrogen functional groups attached to an aromatic ring is 1. The predicted molar refractivity (Wildman–Crippen MR) is 106 cm³/mol. The molecule has 0 aliphatic rings. The summed E-state index contributed by atoms with van der Waals surface area (Å²) in [6.07, 6.45) is 0. The molecule has 142 valence electrons. The molecule has 0 bridgehead atoms. The third-order valence-corrected chi connectivity index (χ3v) is 5.04. The summed E-state index contributed by atoms with van der Waals surface area (Å²) in [5.74, 6) is 8.85. The lowest BCUT2D eigenvalue weighted by molar-refractivity contribution is 0.391. The van der Waals surface area contributed by atoms with Crippen molar-refractivity contribution in [2.75, 3.05) is 13.0 Å². The van der Waals surface area contributed by atoms with Gasteiger partial charge in [0.2, 0.25) is 16.9 Å². The number of methoxy groups -OCH3 is 1. The van der Waals surface area contributed by atoms with Crippen molar-refractivity contribution in [2.45, 2.75) is 17.8 Å². The second kappa shape index (κ2) is 7.73. The van der Waals surface area contributed by atoms with E-state index in [1.807, 2.05) is 55.5 Å². The van der Waals surface area contributed by atoms with Gasteiger partial charge in [-0.2, -0.15) is 4.98 Å². The summed E-state index contributed by atoms with van der Waals surface area (Å²) < 4.78 is 12.1. The molecule has 2 N–H and O–H groups in total. The van der Waals surface area contributed by atoms with Gasteiger partial charge in [-0.3, -0.25) is 0 Å². The summed E-state index contributed by atoms with van der Waals surface area (Å²) in [5, 5.41) is 12.9. The van der Waals surface area contributed by atoms with Crippen LogP contribution in [0.15, 0.2) is 58.2 Å². The fourth-order valence-corrected chi connectivity index (χ4v) is 3.34. The molecule has 0 fully saturated rings. The fourth-order valence-electron chi connectivity index (χ4n) is 2.65. The van der Waals surface area contributed by atoms with E-state index in [9.17, 15) is 0 Å². The van der Waals surface area contributed by atoms with Crippen LogP contribution < -0.4 is 10.6 Å². The van der Waals surface area contributed by atoms with Crippen molar-refractivity contribution in [2.24, 2.45) is 0 Å². The Morgan fingerprint density at radius 3 is 2.68 bits per heavy atom. The van der Waals surface area contributed by atoms with Crippen molar-refractivity contribution in [1.82, 2.24) is 25.0 Å². The van der Waals surface area contributed by atoms with Crippen LogP contribution >= 0.6 is 11.8 Å². The molecule has 0 aliphatic carbocycles. The van der Waals surface area contributed by atoms with Gasteiger partial charge in [0, 0.05) is 5.56 Å². The van der Waals surface area contributed by atoms with E-state index >= 15 is 0 Å². The average molecular weight is 394 g/mol. The normalized spacial score (nSPS) is 10.9. The first kappa shape index (κ1) is 18.1. The number of nitrogens with two attached hydrogens (primary N) is 1. The molecule has 0 spiro atoms. The van der Waals surface area contributed by atoms with Crippen LogP contribution in [0, 0.1) is 6.92 Å². The van der Waals surface area contributed by atoms with Crippen LogP contribution in [0.25, 0.3) is 22.8 Å². The molecule has 4 aromatic rings. The summed E-state index contributed by atoms with van der Waals surface area (Å²) in [6.45, 7) is 2.03. The lowest BCUT2D eigenvalue weighted by Crippen LogP contribution is -2.12. The van der Waals surface area contributed by atoms with Crippen LogP contribution in [-0.4, -0.2) is 32.1 Å². The second-order valence-corrected chi connectivity index (χ2v) is 6.99. The number of thioether (sulfide) groups is 1. The van der Waals surface area contributed by atoms with E-state index in [1.165, 1.54) is 22.0 Å². The van der Waals surface area contributed by atoms with Gasteiger partial charge in [0.1, 0.15) is 5.75 Å². The van der Waals surface area contributed by atoms with E-state index < -0.39 is 0 Å². The highest BCUT2D eigenvalue weighted by atomic mass is 32.2. The quantitative estimate of drug-likeness (QED) is 0.392. The second-order valence-electron chi connectivity index (χ2n) is 6.04. The summed E-state index contributed by atoms with van der Waals surface area (Å²) in [5.41, 5.74) is 2.86. The van der Waals surface area contributed by atoms with Crippen molar-refractivity contribution in [1.29, 1.82) is 0 Å². The molecule has 2 aromatic carbocycles. The van der Waals surface area contributed by atoms with Crippen molar-refractivity contribution < 1.29 is 9.26 Å². The zero-order valence-electron chi connectivity index (χ0n) is 15.4. The molecule has 8 nitrogen and oxygen atoms in total. The molecule has 0 atom stereocenters. The minimum absolute atomic E-state index is 0.431. The van der Waals surface area contributed by atoms with E-state index in [4.69, 9.17) is 15.1 Å². The zero-order valence-corrected chi connectivity index (χ0v) is 16.2. The standard InChI is InChI=1S/C19H18N6O2S/c1-12-7-9-13(10-8-12)17-21-16(27-24-17)11-28-19-23-22-18(25(19)20)14-5-3-4-6-15(14)26-2/h3-10H,11,20H2,1-2H3. The summed E-state index contributed by atoms with van der Waals surface area (Å²) in [6, 6.07) is 15.5. The molecule has 2 aromatic heterocycles. The largest absolute Gasteiger partial charge is 0.496 e. The highest BCUT2D eigenvalue weighted by Crippen LogP contribution is 2.30. The van der Waals surface area contributed by atoms with Gasteiger partial charge < -0.3 is 15.1 Å². The van der Waals surface area contributed by atoms with Crippen LogP contribution in [0.5, 0.6) is 5.75 Å². The molecule has 28 heavy (non-hydrogen) atoms. The first-order chi connectivity index (χ1) is 13.7. The summed E-state index contributed by atoms with van der Waals surface area (Å²) in [4.78, 5) is 4.43. The van der Waals surface area contributed by atoms with Crippen molar-refractivity contribution in [3.8, 4) is 28.5 Å². The smallest absolute Gasteiger partial charge is 0.237 e. The highest BCUT2D eigenvalue weighted by Gasteiger charge is 2.17. The van der Waals surface area contributed by atoms with Gasteiger partial charge in [-0.25, -0.2) is 4.68 Å². The Morgan fingerprint density at radius 2 is 1.89 bits per heavy atom. The number of hydrogen-bond donors (Lipinski definition) is 1. The van der Waals surface area contributed by atoms with Crippen molar-refractivity contribution >= 4 is 11.8 Å². The monoisotopic (exact) mass is 394 g/mol.